The number of hydrogen-bond donors (Lipinski definition) is 0. The van der Waals surface area contributed by atoms with E-state index in [1.54, 1.807) is 55.5 Å². The Morgan fingerprint density at radius 2 is 1.59 bits per heavy atom. The highest BCUT2D eigenvalue weighted by Crippen LogP contribution is 2.38. The van der Waals surface area contributed by atoms with E-state index in [9.17, 15) is 9.59 Å². The summed E-state index contributed by atoms with van der Waals surface area (Å²) in [4.78, 5) is 25.0. The zero-order valence-corrected chi connectivity index (χ0v) is 12.8. The number of ketones is 1. The van der Waals surface area contributed by atoms with Gasteiger partial charge in [0.1, 0.15) is 0 Å². The van der Waals surface area contributed by atoms with Crippen LogP contribution >= 0.6 is 11.8 Å². The van der Waals surface area contributed by atoms with E-state index in [1.807, 2.05) is 0 Å². The van der Waals surface area contributed by atoms with Crippen LogP contribution in [-0.2, 0) is 9.53 Å². The molecule has 0 aliphatic rings. The lowest BCUT2D eigenvalue weighted by Crippen LogP contribution is -2.40. The molecule has 2 rings (SSSR count). The normalized spacial score (nSPS) is 13.2. The predicted octanol–water partition coefficient (Wildman–Crippen LogP) is 3.89. The molecule has 0 amide bonds. The number of carbonyl (C=O) groups excluding carboxylic acids is 2. The molecule has 0 N–H and O–H groups in total. The zero-order chi connectivity index (χ0) is 16.0. The Morgan fingerprint density at radius 3 is 2.14 bits per heavy atom. The fourth-order valence-electron chi connectivity index (χ4n) is 1.83. The summed E-state index contributed by atoms with van der Waals surface area (Å²) >= 11 is 0.551. The minimum atomic E-state index is -2.81. The van der Waals surface area contributed by atoms with E-state index >= 15 is 4.39 Å². The van der Waals surface area contributed by atoms with E-state index < -0.39 is 16.8 Å². The Balaban J connectivity index is 2.37. The van der Waals surface area contributed by atoms with Gasteiger partial charge in [0, 0.05) is 10.5 Å². The molecule has 0 spiro atoms. The zero-order valence-electron chi connectivity index (χ0n) is 12.0. The minimum absolute atomic E-state index is 0.00191. The molecule has 114 valence electrons. The van der Waals surface area contributed by atoms with Crippen molar-refractivity contribution in [3.8, 4) is 0 Å². The first-order valence-corrected chi connectivity index (χ1v) is 7.59. The largest absolute Gasteiger partial charge is 0.463 e. The minimum Gasteiger partial charge on any atom is -0.463 e. The maximum atomic E-state index is 15.3. The Kier molecular flexibility index (Phi) is 5.33. The van der Waals surface area contributed by atoms with Crippen LogP contribution in [0.4, 0.5) is 4.39 Å². The Labute approximate surface area is 132 Å². The molecule has 2 aromatic carbocycles. The highest BCUT2D eigenvalue weighted by molar-refractivity contribution is 8.02. The maximum absolute atomic E-state index is 15.3. The third-order valence-corrected chi connectivity index (χ3v) is 4.01. The number of hydrogen-bond acceptors (Lipinski definition) is 4. The van der Waals surface area contributed by atoms with Crippen LogP contribution in [0.3, 0.4) is 0 Å². The maximum Gasteiger partial charge on any atom is 0.363 e. The van der Waals surface area contributed by atoms with E-state index in [4.69, 9.17) is 4.74 Å². The molecule has 0 aliphatic carbocycles. The molecule has 0 radical (unpaired) electrons. The van der Waals surface area contributed by atoms with Gasteiger partial charge >= 0.3 is 11.0 Å². The summed E-state index contributed by atoms with van der Waals surface area (Å²) in [6.45, 7) is 1.57. The molecule has 2 aromatic rings. The van der Waals surface area contributed by atoms with Crippen molar-refractivity contribution >= 4 is 23.5 Å². The smallest absolute Gasteiger partial charge is 0.363 e. The molecule has 0 fully saturated rings. The van der Waals surface area contributed by atoms with Gasteiger partial charge in [-0.15, -0.1) is 0 Å². The number of halogens is 1. The lowest BCUT2D eigenvalue weighted by atomic mass is 10.1. The van der Waals surface area contributed by atoms with Crippen LogP contribution in [0.5, 0.6) is 0 Å². The third-order valence-electron chi connectivity index (χ3n) is 2.87. The summed E-state index contributed by atoms with van der Waals surface area (Å²) in [7, 11) is 0. The number of carbonyl (C=O) groups is 2. The van der Waals surface area contributed by atoms with Crippen LogP contribution in [-0.4, -0.2) is 23.4 Å². The average molecular weight is 318 g/mol. The van der Waals surface area contributed by atoms with Gasteiger partial charge in [0.05, 0.1) is 6.61 Å². The lowest BCUT2D eigenvalue weighted by molar-refractivity contribution is -0.148. The SMILES string of the molecule is CCOC(=O)C(F)(Sc1ccccc1)C(=O)c1ccccc1. The second-order valence-corrected chi connectivity index (χ2v) is 5.66. The number of alkyl halides is 1. The van der Waals surface area contributed by atoms with Gasteiger partial charge in [0.2, 0.25) is 5.78 Å². The van der Waals surface area contributed by atoms with Crippen LogP contribution in [0.15, 0.2) is 65.6 Å². The molecule has 0 heterocycles. The van der Waals surface area contributed by atoms with Crippen LogP contribution in [0, 0.1) is 0 Å². The highest BCUT2D eigenvalue weighted by atomic mass is 32.2. The van der Waals surface area contributed by atoms with Gasteiger partial charge in [-0.3, -0.25) is 4.79 Å². The molecule has 1 unspecified atom stereocenters. The van der Waals surface area contributed by atoms with Crippen molar-refractivity contribution in [3.05, 3.63) is 66.2 Å². The first kappa shape index (κ1) is 16.2. The molecular formula is C17H15FO3S. The van der Waals surface area contributed by atoms with E-state index in [2.05, 4.69) is 0 Å². The van der Waals surface area contributed by atoms with Gasteiger partial charge in [-0.1, -0.05) is 60.3 Å². The molecule has 0 saturated carbocycles. The van der Waals surface area contributed by atoms with Gasteiger partial charge in [-0.2, -0.15) is 0 Å². The van der Waals surface area contributed by atoms with Crippen LogP contribution in [0.2, 0.25) is 0 Å². The van der Waals surface area contributed by atoms with Crippen molar-refractivity contribution in [1.82, 2.24) is 0 Å². The fraction of sp³-hybridized carbons (Fsp3) is 0.176. The van der Waals surface area contributed by atoms with Crippen molar-refractivity contribution in [3.63, 3.8) is 0 Å². The summed E-state index contributed by atoms with van der Waals surface area (Å²) < 4.78 is 20.0. The monoisotopic (exact) mass is 318 g/mol. The topological polar surface area (TPSA) is 43.4 Å². The first-order valence-electron chi connectivity index (χ1n) is 6.78. The molecule has 0 aromatic heterocycles. The van der Waals surface area contributed by atoms with Gasteiger partial charge < -0.3 is 4.74 Å². The molecule has 5 heteroatoms. The lowest BCUT2D eigenvalue weighted by Gasteiger charge is -2.21. The Morgan fingerprint density at radius 1 is 1.05 bits per heavy atom. The number of benzene rings is 2. The quantitative estimate of drug-likeness (QED) is 0.351. The molecule has 0 bridgehead atoms. The number of esters is 1. The summed E-state index contributed by atoms with van der Waals surface area (Å²) in [5, 5.41) is -2.81. The molecule has 3 nitrogen and oxygen atoms in total. The van der Waals surface area contributed by atoms with Crippen LogP contribution in [0.25, 0.3) is 0 Å². The predicted molar refractivity (Wildman–Crippen MR) is 83.5 cm³/mol. The van der Waals surface area contributed by atoms with Crippen molar-refractivity contribution < 1.29 is 18.7 Å². The molecule has 1 atom stereocenters. The van der Waals surface area contributed by atoms with Crippen LogP contribution < -0.4 is 0 Å². The third kappa shape index (κ3) is 3.54. The summed E-state index contributed by atoms with van der Waals surface area (Å²) in [6.07, 6.45) is 0. The Bertz CT molecular complexity index is 645. The summed E-state index contributed by atoms with van der Waals surface area (Å²) in [6, 6.07) is 16.4. The molecule has 0 saturated heterocycles. The molecule has 22 heavy (non-hydrogen) atoms. The van der Waals surface area contributed by atoms with Crippen molar-refractivity contribution in [2.24, 2.45) is 0 Å². The number of ether oxygens (including phenoxy) is 1. The second kappa shape index (κ2) is 7.22. The van der Waals surface area contributed by atoms with E-state index in [0.29, 0.717) is 16.7 Å². The number of thioether (sulfide) groups is 1. The second-order valence-electron chi connectivity index (χ2n) is 4.43. The fourth-order valence-corrected chi connectivity index (χ4v) is 2.80. The standard InChI is InChI=1S/C17H15FO3S/c1-2-21-16(20)17(18,22-14-11-7-4-8-12-14)15(19)13-9-5-3-6-10-13/h3-12H,2H2,1H3. The number of rotatable bonds is 6. The molecular weight excluding hydrogens is 303 g/mol. The summed E-state index contributed by atoms with van der Waals surface area (Å²) in [5.74, 6) is -2.10. The van der Waals surface area contributed by atoms with Gasteiger partial charge in [-0.25, -0.2) is 9.18 Å². The molecule has 0 aliphatic heterocycles. The van der Waals surface area contributed by atoms with E-state index in [-0.39, 0.29) is 12.2 Å². The van der Waals surface area contributed by atoms with Crippen LogP contribution in [0.1, 0.15) is 17.3 Å². The highest BCUT2D eigenvalue weighted by Gasteiger charge is 2.49. The first-order chi connectivity index (χ1) is 10.6. The van der Waals surface area contributed by atoms with E-state index in [1.165, 1.54) is 12.1 Å². The number of Topliss-reactive ketones (excluding diaryl/α,β-unsaturated/α-hetero) is 1. The van der Waals surface area contributed by atoms with Gasteiger partial charge in [0.15, 0.2) is 0 Å². The van der Waals surface area contributed by atoms with Gasteiger partial charge in [0.25, 0.3) is 0 Å². The van der Waals surface area contributed by atoms with Crippen molar-refractivity contribution in [1.29, 1.82) is 0 Å². The summed E-state index contributed by atoms with van der Waals surface area (Å²) in [5.41, 5.74) is 0.126. The van der Waals surface area contributed by atoms with E-state index in [0.717, 1.165) is 0 Å². The van der Waals surface area contributed by atoms with Crippen molar-refractivity contribution in [2.75, 3.05) is 6.61 Å². The van der Waals surface area contributed by atoms with Crippen molar-refractivity contribution in [2.45, 2.75) is 16.8 Å². The van der Waals surface area contributed by atoms with Gasteiger partial charge in [-0.05, 0) is 19.1 Å². The average Bonchev–Trinajstić information content (AvgIpc) is 2.56. The Hall–Kier alpha value is -2.14.